The molecular weight excluding hydrogens is 180 g/mol. The third-order valence-electron chi connectivity index (χ3n) is 3.34. The van der Waals surface area contributed by atoms with Crippen LogP contribution in [0.4, 0.5) is 0 Å². The van der Waals surface area contributed by atoms with Gasteiger partial charge in [0, 0.05) is 18.6 Å². The van der Waals surface area contributed by atoms with Gasteiger partial charge in [0.05, 0.1) is 6.61 Å². The van der Waals surface area contributed by atoms with Crippen molar-refractivity contribution in [2.45, 2.75) is 31.3 Å². The molecule has 3 nitrogen and oxygen atoms in total. The van der Waals surface area contributed by atoms with E-state index in [2.05, 4.69) is 6.58 Å². The van der Waals surface area contributed by atoms with Gasteiger partial charge in [-0.3, -0.25) is 0 Å². The summed E-state index contributed by atoms with van der Waals surface area (Å²) >= 11 is 0. The van der Waals surface area contributed by atoms with Crippen molar-refractivity contribution in [1.82, 2.24) is 0 Å². The zero-order chi connectivity index (χ0) is 10.0. The maximum Gasteiger partial charge on any atom is 0.330 e. The lowest BCUT2D eigenvalue weighted by molar-refractivity contribution is -0.173. The van der Waals surface area contributed by atoms with Crippen molar-refractivity contribution in [3.05, 3.63) is 12.7 Å². The molecule has 1 atom stereocenters. The first-order valence-electron chi connectivity index (χ1n) is 5.20. The number of hydrogen-bond acceptors (Lipinski definition) is 3. The molecule has 3 heteroatoms. The van der Waals surface area contributed by atoms with Gasteiger partial charge >= 0.3 is 5.97 Å². The van der Waals surface area contributed by atoms with Gasteiger partial charge in [0.15, 0.2) is 0 Å². The van der Waals surface area contributed by atoms with Crippen molar-refractivity contribution < 1.29 is 14.3 Å². The summed E-state index contributed by atoms with van der Waals surface area (Å²) in [6.45, 7) is 4.97. The van der Waals surface area contributed by atoms with Gasteiger partial charge in [-0.15, -0.1) is 0 Å². The van der Waals surface area contributed by atoms with Crippen LogP contribution in [0.3, 0.4) is 0 Å². The maximum atomic E-state index is 11.2. The van der Waals surface area contributed by atoms with E-state index in [4.69, 9.17) is 9.47 Å². The zero-order valence-electron chi connectivity index (χ0n) is 8.33. The van der Waals surface area contributed by atoms with Crippen molar-refractivity contribution in [2.75, 3.05) is 13.2 Å². The number of esters is 1. The minimum absolute atomic E-state index is 0.220. The fourth-order valence-corrected chi connectivity index (χ4v) is 2.31. The van der Waals surface area contributed by atoms with Crippen molar-refractivity contribution in [1.29, 1.82) is 0 Å². The summed E-state index contributed by atoms with van der Waals surface area (Å²) < 4.78 is 10.8. The minimum Gasteiger partial charge on any atom is -0.456 e. The fraction of sp³-hybridized carbons (Fsp3) is 0.727. The SMILES string of the molecule is C=CC(=O)OC1(C2CCOC2)CCC1. The van der Waals surface area contributed by atoms with Crippen molar-refractivity contribution in [3.63, 3.8) is 0 Å². The molecule has 0 spiro atoms. The van der Waals surface area contributed by atoms with Crippen molar-refractivity contribution in [2.24, 2.45) is 5.92 Å². The van der Waals surface area contributed by atoms with Gasteiger partial charge in [0.25, 0.3) is 0 Å². The molecule has 2 rings (SSSR count). The van der Waals surface area contributed by atoms with Crippen LogP contribution in [0.5, 0.6) is 0 Å². The molecule has 2 aliphatic rings. The summed E-state index contributed by atoms with van der Waals surface area (Å²) in [6, 6.07) is 0. The molecule has 0 amide bonds. The van der Waals surface area contributed by atoms with Gasteiger partial charge in [-0.2, -0.15) is 0 Å². The Morgan fingerprint density at radius 1 is 1.57 bits per heavy atom. The maximum absolute atomic E-state index is 11.2. The van der Waals surface area contributed by atoms with Crippen LogP contribution in [-0.2, 0) is 14.3 Å². The van der Waals surface area contributed by atoms with E-state index in [1.54, 1.807) is 0 Å². The molecule has 0 N–H and O–H groups in total. The Morgan fingerprint density at radius 2 is 2.36 bits per heavy atom. The Kier molecular flexibility index (Phi) is 2.59. The highest BCUT2D eigenvalue weighted by Crippen LogP contribution is 2.45. The molecule has 1 heterocycles. The highest BCUT2D eigenvalue weighted by molar-refractivity contribution is 5.81. The fourth-order valence-electron chi connectivity index (χ4n) is 2.31. The van der Waals surface area contributed by atoms with Crippen LogP contribution < -0.4 is 0 Å². The predicted octanol–water partition coefficient (Wildman–Crippen LogP) is 1.67. The molecule has 0 bridgehead atoms. The minimum atomic E-state index is -0.295. The third kappa shape index (κ3) is 1.57. The summed E-state index contributed by atoms with van der Waals surface area (Å²) in [6.07, 6.45) is 5.39. The van der Waals surface area contributed by atoms with Crippen LogP contribution in [0.2, 0.25) is 0 Å². The molecule has 1 unspecified atom stereocenters. The van der Waals surface area contributed by atoms with E-state index in [0.29, 0.717) is 5.92 Å². The van der Waals surface area contributed by atoms with Gasteiger partial charge < -0.3 is 9.47 Å². The van der Waals surface area contributed by atoms with E-state index in [-0.39, 0.29) is 11.6 Å². The number of ether oxygens (including phenoxy) is 2. The van der Waals surface area contributed by atoms with Crippen LogP contribution >= 0.6 is 0 Å². The summed E-state index contributed by atoms with van der Waals surface area (Å²) in [4.78, 5) is 11.2. The average Bonchev–Trinajstić information content (AvgIpc) is 2.63. The molecule has 0 radical (unpaired) electrons. The van der Waals surface area contributed by atoms with E-state index >= 15 is 0 Å². The highest BCUT2D eigenvalue weighted by atomic mass is 16.6. The number of carbonyl (C=O) groups is 1. The van der Waals surface area contributed by atoms with E-state index in [1.165, 1.54) is 6.08 Å². The summed E-state index contributed by atoms with van der Waals surface area (Å²) in [5, 5.41) is 0. The molecule has 78 valence electrons. The van der Waals surface area contributed by atoms with Gasteiger partial charge in [0.1, 0.15) is 5.60 Å². The standard InChI is InChI=1S/C11H16O3/c1-2-10(12)14-11(5-3-6-11)9-4-7-13-8-9/h2,9H,1,3-8H2. The van der Waals surface area contributed by atoms with Crippen LogP contribution in [0.15, 0.2) is 12.7 Å². The molecular formula is C11H16O3. The second-order valence-corrected chi connectivity index (χ2v) is 4.10. The lowest BCUT2D eigenvalue weighted by Crippen LogP contribution is -2.48. The van der Waals surface area contributed by atoms with Gasteiger partial charge in [0.2, 0.25) is 0 Å². The topological polar surface area (TPSA) is 35.5 Å². The third-order valence-corrected chi connectivity index (χ3v) is 3.34. The number of hydrogen-bond donors (Lipinski definition) is 0. The first kappa shape index (κ1) is 9.71. The Labute approximate surface area is 84.1 Å². The second kappa shape index (κ2) is 3.73. The first-order chi connectivity index (χ1) is 6.77. The molecule has 1 saturated carbocycles. The number of rotatable bonds is 3. The molecule has 1 aliphatic heterocycles. The summed E-state index contributed by atoms with van der Waals surface area (Å²) in [7, 11) is 0. The molecule has 0 aromatic carbocycles. The monoisotopic (exact) mass is 196 g/mol. The number of carbonyl (C=O) groups excluding carboxylic acids is 1. The Morgan fingerprint density at radius 3 is 2.79 bits per heavy atom. The lowest BCUT2D eigenvalue weighted by Gasteiger charge is -2.44. The van der Waals surface area contributed by atoms with Gasteiger partial charge in [-0.05, 0) is 25.7 Å². The van der Waals surface area contributed by atoms with Crippen LogP contribution in [0.1, 0.15) is 25.7 Å². The van der Waals surface area contributed by atoms with Crippen molar-refractivity contribution >= 4 is 5.97 Å². The molecule has 0 aromatic heterocycles. The van der Waals surface area contributed by atoms with Crippen LogP contribution in [-0.4, -0.2) is 24.8 Å². The van der Waals surface area contributed by atoms with E-state index in [9.17, 15) is 4.79 Å². The quantitative estimate of drug-likeness (QED) is 0.509. The smallest absolute Gasteiger partial charge is 0.330 e. The zero-order valence-corrected chi connectivity index (χ0v) is 8.33. The molecule has 14 heavy (non-hydrogen) atoms. The Balaban J connectivity index is 2.01. The molecule has 0 aromatic rings. The highest BCUT2D eigenvalue weighted by Gasteiger charge is 2.48. The Bertz CT molecular complexity index is 237. The van der Waals surface area contributed by atoms with E-state index in [1.807, 2.05) is 0 Å². The first-order valence-corrected chi connectivity index (χ1v) is 5.20. The second-order valence-electron chi connectivity index (χ2n) is 4.10. The summed E-state index contributed by atoms with van der Waals surface area (Å²) in [5.41, 5.74) is -0.220. The molecule has 1 aliphatic carbocycles. The van der Waals surface area contributed by atoms with E-state index < -0.39 is 0 Å². The van der Waals surface area contributed by atoms with Crippen molar-refractivity contribution in [3.8, 4) is 0 Å². The molecule has 2 fully saturated rings. The van der Waals surface area contributed by atoms with Gasteiger partial charge in [-0.1, -0.05) is 6.58 Å². The largest absolute Gasteiger partial charge is 0.456 e. The van der Waals surface area contributed by atoms with Crippen LogP contribution in [0.25, 0.3) is 0 Å². The lowest BCUT2D eigenvalue weighted by atomic mass is 9.70. The predicted molar refractivity (Wildman–Crippen MR) is 51.8 cm³/mol. The average molecular weight is 196 g/mol. The summed E-state index contributed by atoms with van der Waals surface area (Å²) in [5.74, 6) is 0.108. The normalized spacial score (nSPS) is 29.3. The van der Waals surface area contributed by atoms with Gasteiger partial charge in [-0.25, -0.2) is 4.79 Å². The molecule has 1 saturated heterocycles. The van der Waals surface area contributed by atoms with E-state index in [0.717, 1.165) is 38.9 Å². The van der Waals surface area contributed by atoms with Crippen LogP contribution in [0, 0.1) is 5.92 Å². The Hall–Kier alpha value is -0.830.